The molecule has 0 aliphatic carbocycles. The molecule has 2 nitrogen and oxygen atoms in total. The Bertz CT molecular complexity index is 247. The summed E-state index contributed by atoms with van der Waals surface area (Å²) >= 11 is 7.40. The van der Waals surface area contributed by atoms with E-state index in [2.05, 4.69) is 0 Å². The first-order chi connectivity index (χ1) is 5.75. The predicted octanol–water partition coefficient (Wildman–Crippen LogP) is 2.62. The third-order valence-electron chi connectivity index (χ3n) is 1.32. The number of hydrogen-bond acceptors (Lipinski definition) is 3. The molecule has 0 fully saturated rings. The van der Waals surface area contributed by atoms with Gasteiger partial charge in [0.05, 0.1) is 15.9 Å². The minimum atomic E-state index is 0.563. The maximum Gasteiger partial charge on any atom is 0.0964 e. The Morgan fingerprint density at radius 3 is 2.92 bits per heavy atom. The van der Waals surface area contributed by atoms with E-state index in [0.29, 0.717) is 16.6 Å². The summed E-state index contributed by atoms with van der Waals surface area (Å²) in [7, 11) is 1.64. The molecular formula is C8H10ClNOS. The first-order valence-electron chi connectivity index (χ1n) is 3.41. The van der Waals surface area contributed by atoms with Crippen LogP contribution < -0.4 is 5.73 Å². The topological polar surface area (TPSA) is 35.2 Å². The molecular weight excluding hydrogens is 194 g/mol. The Kier molecular flexibility index (Phi) is 3.72. The molecule has 66 valence electrons. The van der Waals surface area contributed by atoms with Crippen LogP contribution in [0.3, 0.4) is 0 Å². The van der Waals surface area contributed by atoms with Crippen molar-refractivity contribution in [2.45, 2.75) is 4.90 Å². The number of benzene rings is 1. The molecule has 0 saturated heterocycles. The van der Waals surface area contributed by atoms with Crippen LogP contribution in [0, 0.1) is 0 Å². The van der Waals surface area contributed by atoms with Gasteiger partial charge in [0.25, 0.3) is 0 Å². The summed E-state index contributed by atoms with van der Waals surface area (Å²) in [5, 5.41) is 0.678. The van der Waals surface area contributed by atoms with Gasteiger partial charge in [-0.15, -0.1) is 0 Å². The summed E-state index contributed by atoms with van der Waals surface area (Å²) < 4.78 is 4.90. The second kappa shape index (κ2) is 4.60. The van der Waals surface area contributed by atoms with Crippen LogP contribution in [-0.2, 0) is 4.74 Å². The molecule has 0 aromatic heterocycles. The van der Waals surface area contributed by atoms with Crippen molar-refractivity contribution in [1.82, 2.24) is 0 Å². The lowest BCUT2D eigenvalue weighted by Crippen LogP contribution is -1.90. The van der Waals surface area contributed by atoms with Crippen LogP contribution in [-0.4, -0.2) is 13.0 Å². The molecule has 0 bridgehead atoms. The molecule has 0 aliphatic heterocycles. The lowest BCUT2D eigenvalue weighted by atomic mass is 10.3. The summed E-state index contributed by atoms with van der Waals surface area (Å²) in [5.74, 6) is 0.563. The fourth-order valence-electron chi connectivity index (χ4n) is 0.796. The van der Waals surface area contributed by atoms with E-state index in [9.17, 15) is 0 Å². The number of halogens is 1. The van der Waals surface area contributed by atoms with E-state index in [1.165, 1.54) is 11.8 Å². The molecule has 0 saturated carbocycles. The van der Waals surface area contributed by atoms with Crippen molar-refractivity contribution < 1.29 is 4.74 Å². The van der Waals surface area contributed by atoms with E-state index in [0.717, 1.165) is 4.90 Å². The van der Waals surface area contributed by atoms with Gasteiger partial charge in [0.15, 0.2) is 0 Å². The van der Waals surface area contributed by atoms with Gasteiger partial charge in [0.1, 0.15) is 0 Å². The maximum absolute atomic E-state index is 5.91. The van der Waals surface area contributed by atoms with E-state index in [1.54, 1.807) is 7.11 Å². The molecule has 0 atom stereocenters. The van der Waals surface area contributed by atoms with Gasteiger partial charge in [0.2, 0.25) is 0 Å². The minimum absolute atomic E-state index is 0.563. The highest BCUT2D eigenvalue weighted by Gasteiger charge is 2.03. The van der Waals surface area contributed by atoms with Crippen LogP contribution in [0.5, 0.6) is 0 Å². The monoisotopic (exact) mass is 203 g/mol. The van der Waals surface area contributed by atoms with Gasteiger partial charge in [-0.25, -0.2) is 0 Å². The molecule has 1 rings (SSSR count). The number of thioether (sulfide) groups is 1. The first kappa shape index (κ1) is 9.71. The molecule has 2 N–H and O–H groups in total. The Hall–Kier alpha value is -0.380. The number of hydrogen-bond donors (Lipinski definition) is 1. The van der Waals surface area contributed by atoms with Crippen molar-refractivity contribution >= 4 is 29.1 Å². The van der Waals surface area contributed by atoms with Crippen molar-refractivity contribution in [3.63, 3.8) is 0 Å². The highest BCUT2D eigenvalue weighted by Crippen LogP contribution is 2.31. The summed E-state index contributed by atoms with van der Waals surface area (Å²) in [6, 6.07) is 5.47. The van der Waals surface area contributed by atoms with E-state index in [1.807, 2.05) is 18.2 Å². The van der Waals surface area contributed by atoms with Crippen LogP contribution in [0.2, 0.25) is 5.02 Å². The van der Waals surface area contributed by atoms with E-state index in [4.69, 9.17) is 22.1 Å². The van der Waals surface area contributed by atoms with Gasteiger partial charge < -0.3 is 10.5 Å². The fraction of sp³-hybridized carbons (Fsp3) is 0.250. The van der Waals surface area contributed by atoms with Crippen molar-refractivity contribution in [3.8, 4) is 0 Å². The van der Waals surface area contributed by atoms with Crippen molar-refractivity contribution in [3.05, 3.63) is 23.2 Å². The summed E-state index contributed by atoms with van der Waals surface area (Å²) in [5.41, 5.74) is 6.40. The predicted molar refractivity (Wildman–Crippen MR) is 53.6 cm³/mol. The molecule has 12 heavy (non-hydrogen) atoms. The minimum Gasteiger partial charge on any atom is -0.398 e. The molecule has 1 aromatic carbocycles. The van der Waals surface area contributed by atoms with Gasteiger partial charge in [-0.3, -0.25) is 0 Å². The summed E-state index contributed by atoms with van der Waals surface area (Å²) in [4.78, 5) is 0.890. The Morgan fingerprint density at radius 1 is 1.58 bits per heavy atom. The van der Waals surface area contributed by atoms with Gasteiger partial charge in [-0.1, -0.05) is 29.4 Å². The smallest absolute Gasteiger partial charge is 0.0964 e. The number of nitrogen functional groups attached to an aromatic ring is 1. The van der Waals surface area contributed by atoms with Gasteiger partial charge in [0, 0.05) is 12.8 Å². The van der Waals surface area contributed by atoms with E-state index >= 15 is 0 Å². The molecule has 0 unspecified atom stereocenters. The molecule has 1 aromatic rings. The number of rotatable bonds is 3. The van der Waals surface area contributed by atoms with Crippen molar-refractivity contribution in [1.29, 1.82) is 0 Å². The number of methoxy groups -OCH3 is 1. The average molecular weight is 204 g/mol. The lowest BCUT2D eigenvalue weighted by molar-refractivity contribution is 0.259. The molecule has 0 aliphatic rings. The maximum atomic E-state index is 5.91. The quantitative estimate of drug-likeness (QED) is 0.466. The van der Waals surface area contributed by atoms with Crippen molar-refractivity contribution in [2.75, 3.05) is 18.8 Å². The molecule has 0 radical (unpaired) electrons. The third-order valence-corrected chi connectivity index (χ3v) is 2.84. The van der Waals surface area contributed by atoms with Crippen LogP contribution >= 0.6 is 23.4 Å². The second-order valence-corrected chi connectivity index (χ2v) is 3.55. The number of ether oxygens (including phenoxy) is 1. The highest BCUT2D eigenvalue weighted by atomic mass is 35.5. The molecule has 4 heteroatoms. The lowest BCUT2D eigenvalue weighted by Gasteiger charge is -2.05. The van der Waals surface area contributed by atoms with Crippen LogP contribution in [0.25, 0.3) is 0 Å². The second-order valence-electron chi connectivity index (χ2n) is 2.21. The number of nitrogens with two attached hydrogens (primary N) is 1. The van der Waals surface area contributed by atoms with Crippen LogP contribution in [0.4, 0.5) is 5.69 Å². The zero-order chi connectivity index (χ0) is 8.97. The first-order valence-corrected chi connectivity index (χ1v) is 4.77. The highest BCUT2D eigenvalue weighted by molar-refractivity contribution is 7.99. The summed E-state index contributed by atoms with van der Waals surface area (Å²) in [6.45, 7) is 0. The SMILES string of the molecule is COCSc1c(N)cccc1Cl. The molecule has 0 heterocycles. The Labute approximate surface area is 81.0 Å². The van der Waals surface area contributed by atoms with Crippen LogP contribution in [0.1, 0.15) is 0 Å². The normalized spacial score (nSPS) is 10.2. The largest absolute Gasteiger partial charge is 0.398 e. The summed E-state index contributed by atoms with van der Waals surface area (Å²) in [6.07, 6.45) is 0. The van der Waals surface area contributed by atoms with E-state index < -0.39 is 0 Å². The third kappa shape index (κ3) is 2.30. The van der Waals surface area contributed by atoms with Crippen LogP contribution in [0.15, 0.2) is 23.1 Å². The molecule has 0 amide bonds. The Balaban J connectivity index is 2.81. The zero-order valence-corrected chi connectivity index (χ0v) is 8.28. The number of anilines is 1. The zero-order valence-electron chi connectivity index (χ0n) is 6.71. The molecule has 0 spiro atoms. The van der Waals surface area contributed by atoms with Gasteiger partial charge >= 0.3 is 0 Å². The van der Waals surface area contributed by atoms with Crippen molar-refractivity contribution in [2.24, 2.45) is 0 Å². The Morgan fingerprint density at radius 2 is 2.33 bits per heavy atom. The van der Waals surface area contributed by atoms with Gasteiger partial charge in [-0.05, 0) is 12.1 Å². The standard InChI is InChI=1S/C8H10ClNOS/c1-11-5-12-8-6(9)3-2-4-7(8)10/h2-4H,5,10H2,1H3. The fourth-order valence-corrected chi connectivity index (χ4v) is 1.82. The van der Waals surface area contributed by atoms with Gasteiger partial charge in [-0.2, -0.15) is 0 Å². The average Bonchev–Trinajstić information content (AvgIpc) is 2.04. The van der Waals surface area contributed by atoms with E-state index in [-0.39, 0.29) is 0 Å².